The van der Waals surface area contributed by atoms with Crippen LogP contribution in [0.15, 0.2) is 24.3 Å². The maximum atomic E-state index is 14.0. The van der Waals surface area contributed by atoms with Gasteiger partial charge in [-0.05, 0) is 44.4 Å². The number of anilines is 1. The summed E-state index contributed by atoms with van der Waals surface area (Å²) in [5.74, 6) is -1.54. The highest BCUT2D eigenvalue weighted by Gasteiger charge is 2.89. The van der Waals surface area contributed by atoms with Gasteiger partial charge in [0.15, 0.2) is 0 Å². The number of rotatable bonds is 7. The lowest BCUT2D eigenvalue weighted by Crippen LogP contribution is -2.83. The minimum Gasteiger partial charge on any atom is -0.454 e. The first kappa shape index (κ1) is 28.7. The summed E-state index contributed by atoms with van der Waals surface area (Å²) in [6.07, 6.45) is 1.91. The lowest BCUT2D eigenvalue weighted by Gasteiger charge is -2.70. The minimum absolute atomic E-state index is 0.0432. The molecule has 6 fully saturated rings. The highest BCUT2D eigenvalue weighted by Crippen LogP contribution is 2.79. The maximum absolute atomic E-state index is 14.0. The van der Waals surface area contributed by atoms with Gasteiger partial charge in [-0.3, -0.25) is 9.69 Å². The first-order valence-electron chi connectivity index (χ1n) is 15.4. The summed E-state index contributed by atoms with van der Waals surface area (Å²) in [7, 11) is 5.05. The summed E-state index contributed by atoms with van der Waals surface area (Å²) in [6.45, 7) is 4.79. The number of piperidine rings is 1. The molecule has 7 rings (SSSR count). The van der Waals surface area contributed by atoms with Gasteiger partial charge in [0.1, 0.15) is 16.8 Å². The van der Waals surface area contributed by atoms with E-state index in [1.807, 2.05) is 0 Å². The van der Waals surface area contributed by atoms with Crippen LogP contribution in [0.2, 0.25) is 0 Å². The number of methoxy groups -OCH3 is 3. The number of nitrogens with zero attached hydrogens (tertiary/aromatic N) is 1. The molecule has 1 spiro atoms. The number of likely N-dealkylation sites (N-methyl/N-ethyl adjacent to an activating group) is 1. The normalized spacial score (nSPS) is 48.2. The molecular formula is C32H44N2O8. The quantitative estimate of drug-likeness (QED) is 0.414. The molecule has 7 bridgehead atoms. The van der Waals surface area contributed by atoms with E-state index in [-0.39, 0.29) is 47.8 Å². The lowest BCUT2D eigenvalue weighted by atomic mass is 9.44. The van der Waals surface area contributed by atoms with E-state index in [0.717, 1.165) is 0 Å². The summed E-state index contributed by atoms with van der Waals surface area (Å²) >= 11 is 0. The molecule has 5 saturated carbocycles. The van der Waals surface area contributed by atoms with Crippen LogP contribution in [0.3, 0.4) is 0 Å². The van der Waals surface area contributed by atoms with Crippen molar-refractivity contribution in [2.24, 2.45) is 29.1 Å². The van der Waals surface area contributed by atoms with Gasteiger partial charge in [0.05, 0.1) is 29.6 Å². The van der Waals surface area contributed by atoms with Crippen molar-refractivity contribution < 1.29 is 38.7 Å². The fourth-order valence-electron chi connectivity index (χ4n) is 11.6. The molecule has 42 heavy (non-hydrogen) atoms. The predicted molar refractivity (Wildman–Crippen MR) is 152 cm³/mol. The molecule has 3 N–H and O–H groups in total. The smallest absolute Gasteiger partial charge is 0.340 e. The van der Waals surface area contributed by atoms with E-state index < -0.39 is 34.3 Å². The monoisotopic (exact) mass is 584 g/mol. The average molecular weight is 585 g/mol. The highest BCUT2D eigenvalue weighted by atomic mass is 16.6. The SMILES string of the molecule is CCN1C[C@@]2(OC(=O)c3ccccc3NC(C)=O)CC[C@H](OC)[C@@]34[C@H]1[C@@H](C[C@@H]23)[C@]1(O)C[C@H](OC)[C@H]2C[C@@H]4[C@@]1(O)[C@H]2OC. The number of carbonyl (C=O) groups is 2. The topological polar surface area (TPSA) is 127 Å². The minimum atomic E-state index is -1.48. The maximum Gasteiger partial charge on any atom is 0.340 e. The molecule has 5 aliphatic carbocycles. The summed E-state index contributed by atoms with van der Waals surface area (Å²) in [5.41, 5.74) is -3.57. The Morgan fingerprint density at radius 3 is 2.50 bits per heavy atom. The molecule has 1 saturated heterocycles. The van der Waals surface area contributed by atoms with Crippen LogP contribution >= 0.6 is 0 Å². The largest absolute Gasteiger partial charge is 0.454 e. The lowest BCUT2D eigenvalue weighted by molar-refractivity contribution is -0.337. The number of para-hydroxylation sites is 1. The second-order valence-electron chi connectivity index (χ2n) is 13.7. The number of aliphatic hydroxyl groups is 2. The summed E-state index contributed by atoms with van der Waals surface area (Å²) in [4.78, 5) is 28.3. The Bertz CT molecular complexity index is 1290. The van der Waals surface area contributed by atoms with E-state index in [9.17, 15) is 19.8 Å². The molecule has 10 heteroatoms. The Morgan fingerprint density at radius 2 is 1.83 bits per heavy atom. The van der Waals surface area contributed by atoms with Gasteiger partial charge >= 0.3 is 5.97 Å². The van der Waals surface area contributed by atoms with Gasteiger partial charge in [-0.2, -0.15) is 0 Å². The number of benzene rings is 1. The van der Waals surface area contributed by atoms with Crippen molar-refractivity contribution in [3.63, 3.8) is 0 Å². The highest BCUT2D eigenvalue weighted by molar-refractivity contribution is 6.00. The van der Waals surface area contributed by atoms with Crippen molar-refractivity contribution in [1.82, 2.24) is 4.90 Å². The van der Waals surface area contributed by atoms with Gasteiger partial charge in [-0.15, -0.1) is 0 Å². The van der Waals surface area contributed by atoms with Crippen molar-refractivity contribution in [1.29, 1.82) is 0 Å². The van der Waals surface area contributed by atoms with Crippen LogP contribution in [0.5, 0.6) is 0 Å². The Balaban J connectivity index is 1.38. The zero-order valence-electron chi connectivity index (χ0n) is 25.2. The van der Waals surface area contributed by atoms with Crippen molar-refractivity contribution >= 4 is 17.6 Å². The Hall–Kier alpha value is -2.08. The molecule has 1 aromatic rings. The second kappa shape index (κ2) is 9.46. The van der Waals surface area contributed by atoms with E-state index in [1.54, 1.807) is 45.6 Å². The average Bonchev–Trinajstić information content (AvgIpc) is 3.39. The molecule has 6 aliphatic rings. The number of fused-ring (bicyclic) bond motifs is 2. The molecule has 1 heterocycles. The van der Waals surface area contributed by atoms with Gasteiger partial charge in [-0.1, -0.05) is 19.1 Å². The standard InChI is InChI=1S/C32H44N2O8/c1-6-34-16-29(42-28(36)18-9-7-8-10-21(18)33-17(2)35)12-11-25(40-4)31-23(29)14-20(26(31)34)30(37)15-22(39-3)19-13-24(31)32(30,38)27(19)41-5/h7-10,19-20,22-27,37-38H,6,11-16H2,1-5H3,(H,33,35)/t19-,20-,22+,23+,24+,25+,26-,27+,29+,30-,31-,32-/m1/s1. The summed E-state index contributed by atoms with van der Waals surface area (Å²) < 4.78 is 25.1. The predicted octanol–water partition coefficient (Wildman–Crippen LogP) is 2.22. The molecule has 0 aromatic heterocycles. The molecular weight excluding hydrogens is 540 g/mol. The number of hydrogen-bond acceptors (Lipinski definition) is 9. The molecule has 12 atom stereocenters. The fourth-order valence-corrected chi connectivity index (χ4v) is 11.6. The number of esters is 1. The van der Waals surface area contributed by atoms with Crippen LogP contribution in [0.4, 0.5) is 5.69 Å². The molecule has 1 aliphatic heterocycles. The van der Waals surface area contributed by atoms with Crippen LogP contribution in [0, 0.1) is 29.1 Å². The van der Waals surface area contributed by atoms with Gasteiger partial charge in [-0.25, -0.2) is 4.79 Å². The third kappa shape index (κ3) is 3.21. The van der Waals surface area contributed by atoms with E-state index >= 15 is 0 Å². The van der Waals surface area contributed by atoms with Gasteiger partial charge in [0.2, 0.25) is 5.91 Å². The van der Waals surface area contributed by atoms with Crippen LogP contribution in [0.25, 0.3) is 0 Å². The third-order valence-electron chi connectivity index (χ3n) is 12.6. The number of likely N-dealkylation sites (tertiary alicyclic amines) is 1. The van der Waals surface area contributed by atoms with Crippen molar-refractivity contribution in [2.45, 2.75) is 87.1 Å². The molecule has 0 unspecified atom stereocenters. The third-order valence-corrected chi connectivity index (χ3v) is 12.6. The molecule has 230 valence electrons. The van der Waals surface area contributed by atoms with Gasteiger partial charge in [0, 0.05) is 76.3 Å². The number of ether oxygens (including phenoxy) is 4. The van der Waals surface area contributed by atoms with Crippen molar-refractivity contribution in [3.8, 4) is 0 Å². The fraction of sp³-hybridized carbons (Fsp3) is 0.750. The Kier molecular flexibility index (Phi) is 6.46. The molecule has 1 aromatic carbocycles. The van der Waals surface area contributed by atoms with Gasteiger partial charge < -0.3 is 34.5 Å². The Labute approximate surface area is 247 Å². The van der Waals surface area contributed by atoms with Gasteiger partial charge in [0.25, 0.3) is 0 Å². The van der Waals surface area contributed by atoms with E-state index in [1.165, 1.54) is 6.92 Å². The second-order valence-corrected chi connectivity index (χ2v) is 13.7. The molecule has 1 amide bonds. The molecule has 0 radical (unpaired) electrons. The van der Waals surface area contributed by atoms with Crippen molar-refractivity contribution in [2.75, 3.05) is 39.7 Å². The number of amides is 1. The number of nitrogens with one attached hydrogen (secondary N) is 1. The molecule has 10 nitrogen and oxygen atoms in total. The Morgan fingerprint density at radius 1 is 1.07 bits per heavy atom. The van der Waals surface area contributed by atoms with Crippen LogP contribution in [-0.2, 0) is 23.7 Å². The van der Waals surface area contributed by atoms with Crippen molar-refractivity contribution in [3.05, 3.63) is 29.8 Å². The van der Waals surface area contributed by atoms with E-state index in [4.69, 9.17) is 18.9 Å². The van der Waals surface area contributed by atoms with Crippen LogP contribution in [0.1, 0.15) is 56.3 Å². The van der Waals surface area contributed by atoms with E-state index in [2.05, 4.69) is 17.1 Å². The van der Waals surface area contributed by atoms with Crippen LogP contribution in [-0.4, -0.2) is 103 Å². The van der Waals surface area contributed by atoms with Crippen LogP contribution < -0.4 is 5.32 Å². The summed E-state index contributed by atoms with van der Waals surface area (Å²) in [5, 5.41) is 28.4. The summed E-state index contributed by atoms with van der Waals surface area (Å²) in [6, 6.07) is 6.89. The first-order chi connectivity index (χ1) is 20.1. The number of hydrogen-bond donors (Lipinski definition) is 3. The van der Waals surface area contributed by atoms with E-state index in [0.29, 0.717) is 56.4 Å². The zero-order valence-corrected chi connectivity index (χ0v) is 25.2. The first-order valence-corrected chi connectivity index (χ1v) is 15.4. The number of carbonyl (C=O) groups excluding carboxylic acids is 2. The zero-order chi connectivity index (χ0) is 29.8.